The van der Waals surface area contributed by atoms with Crippen molar-refractivity contribution in [2.45, 2.75) is 65.5 Å². The maximum absolute atomic E-state index is 7.33. The summed E-state index contributed by atoms with van der Waals surface area (Å²) in [7, 11) is -5.55. The van der Waals surface area contributed by atoms with E-state index in [2.05, 4.69) is 119 Å². The van der Waals surface area contributed by atoms with Gasteiger partial charge in [-0.15, -0.1) is 0 Å². The molecule has 1 atom stereocenters. The Labute approximate surface area is 175 Å². The van der Waals surface area contributed by atoms with E-state index in [1.807, 2.05) is 0 Å². The minimum absolute atomic E-state index is 0.220. The highest BCUT2D eigenvalue weighted by Crippen LogP contribution is 2.31. The fourth-order valence-electron chi connectivity index (χ4n) is 3.85. The van der Waals surface area contributed by atoms with Gasteiger partial charge in [0.15, 0.2) is 0 Å². The van der Waals surface area contributed by atoms with Gasteiger partial charge in [-0.1, -0.05) is 112 Å². The lowest BCUT2D eigenvalue weighted by Gasteiger charge is -2.51. The maximum atomic E-state index is 7.33. The highest BCUT2D eigenvalue weighted by Gasteiger charge is 2.60. The van der Waals surface area contributed by atoms with E-state index in [0.717, 1.165) is 12.8 Å². The van der Waals surface area contributed by atoms with Crippen molar-refractivity contribution in [2.24, 2.45) is 0 Å². The monoisotopic (exact) mass is 426 g/mol. The van der Waals surface area contributed by atoms with E-state index in [1.165, 1.54) is 10.4 Å². The fourth-order valence-corrected chi connectivity index (χ4v) is 31.9. The highest BCUT2D eigenvalue weighted by atomic mass is 29.6. The highest BCUT2D eigenvalue weighted by molar-refractivity contribution is 7.72. The smallest absolute Gasteiger partial charge is 0.238 e. The van der Waals surface area contributed by atoms with Crippen LogP contribution in [0.15, 0.2) is 72.8 Å². The molecule has 1 unspecified atom stereocenters. The van der Waals surface area contributed by atoms with Crippen LogP contribution in [0.1, 0.15) is 26.7 Å². The van der Waals surface area contributed by atoms with E-state index in [-0.39, 0.29) is 6.10 Å². The number of rotatable bonds is 9. The summed E-state index contributed by atoms with van der Waals surface area (Å²) >= 11 is 0. The predicted molar refractivity (Wildman–Crippen MR) is 133 cm³/mol. The largest absolute Gasteiger partial charge is 0.408 e. The number of benzene rings is 2. The van der Waals surface area contributed by atoms with Crippen LogP contribution in [0.25, 0.3) is 0 Å². The molecule has 0 fully saturated rings. The van der Waals surface area contributed by atoms with Gasteiger partial charge in [-0.25, -0.2) is 0 Å². The summed E-state index contributed by atoms with van der Waals surface area (Å²) in [5.41, 5.74) is 0. The molecule has 1 nitrogen and oxygen atoms in total. The van der Waals surface area contributed by atoms with Gasteiger partial charge in [0, 0.05) is 13.7 Å². The topological polar surface area (TPSA) is 9.23 Å². The Kier molecular flexibility index (Phi) is 7.85. The minimum Gasteiger partial charge on any atom is -0.408 e. The molecule has 152 valence electrons. The van der Waals surface area contributed by atoms with Crippen molar-refractivity contribution in [2.75, 3.05) is 0 Å². The molecule has 28 heavy (non-hydrogen) atoms. The molecule has 2 aromatic carbocycles. The van der Waals surface area contributed by atoms with Crippen molar-refractivity contribution in [3.63, 3.8) is 0 Å². The first-order chi connectivity index (χ1) is 13.2. The number of hydrogen-bond donors (Lipinski definition) is 0. The second-order valence-corrected chi connectivity index (χ2v) is 35.4. The van der Waals surface area contributed by atoms with Crippen molar-refractivity contribution in [1.29, 1.82) is 0 Å². The zero-order valence-electron chi connectivity index (χ0n) is 18.8. The third kappa shape index (κ3) is 4.67. The van der Waals surface area contributed by atoms with Crippen LogP contribution in [0.5, 0.6) is 0 Å². The average Bonchev–Trinajstić information content (AvgIpc) is 2.66. The average molecular weight is 427 g/mol. The van der Waals surface area contributed by atoms with E-state index in [1.54, 1.807) is 0 Å². The van der Waals surface area contributed by atoms with E-state index >= 15 is 0 Å². The van der Waals surface area contributed by atoms with Gasteiger partial charge in [-0.3, -0.25) is 0 Å². The molecule has 0 amide bonds. The molecule has 0 aliphatic carbocycles. The van der Waals surface area contributed by atoms with Crippen LogP contribution in [-0.4, -0.2) is 28.6 Å². The zero-order chi connectivity index (χ0) is 20.8. The van der Waals surface area contributed by atoms with Crippen molar-refractivity contribution in [3.8, 4) is 0 Å². The molecular formula is C24H38OSi3. The fraction of sp³-hybridized carbons (Fsp3) is 0.417. The zero-order valence-corrected chi connectivity index (χ0v) is 21.8. The maximum Gasteiger partial charge on any atom is 0.238 e. The first kappa shape index (κ1) is 23.1. The van der Waals surface area contributed by atoms with E-state index in [4.69, 9.17) is 4.43 Å². The summed E-state index contributed by atoms with van der Waals surface area (Å²) in [5.74, 6) is 0. The molecule has 0 heterocycles. The van der Waals surface area contributed by atoms with E-state index in [9.17, 15) is 0 Å². The van der Waals surface area contributed by atoms with Gasteiger partial charge in [-0.2, -0.15) is 0 Å². The number of hydrogen-bond acceptors (Lipinski definition) is 1. The van der Waals surface area contributed by atoms with Crippen LogP contribution >= 0.6 is 0 Å². The number of allylic oxidation sites excluding steroid dienone is 1. The first-order valence-corrected chi connectivity index (χ1v) is 21.0. The summed E-state index contributed by atoms with van der Waals surface area (Å²) in [5, 5.41) is 2.90. The van der Waals surface area contributed by atoms with Crippen LogP contribution < -0.4 is 10.4 Å². The third-order valence-corrected chi connectivity index (χ3v) is 43.5. The Hall–Kier alpha value is -1.21. The molecule has 0 saturated carbocycles. The van der Waals surface area contributed by atoms with Crippen LogP contribution in [0, 0.1) is 0 Å². The third-order valence-electron chi connectivity index (χ3n) is 6.36. The molecule has 0 bridgehead atoms. The Bertz CT molecular complexity index is 709. The SMILES string of the molecule is CC/C=C/CC(C)O[Si](c1ccccc1)(c1ccccc1)[Si](C)(C)[Si](C)(C)C. The standard InChI is InChI=1S/C24H38OSi3/c1-8-9-12-17-22(2)25-28(23-18-13-10-14-19-23,24-20-15-11-16-21-24)27(6,7)26(3,4)5/h9-16,18-22H,8,17H2,1-7H3/b12-9+. The van der Waals surface area contributed by atoms with Gasteiger partial charge in [-0.05, 0) is 30.1 Å². The second kappa shape index (κ2) is 9.53. The molecule has 0 aromatic heterocycles. The molecule has 0 N–H and O–H groups in total. The van der Waals surface area contributed by atoms with E-state index < -0.39 is 22.5 Å². The molecule has 0 spiro atoms. The van der Waals surface area contributed by atoms with Crippen LogP contribution in [0.4, 0.5) is 0 Å². The quantitative estimate of drug-likeness (QED) is 0.368. The molecular weight excluding hydrogens is 389 g/mol. The molecule has 2 rings (SSSR count). The van der Waals surface area contributed by atoms with Crippen molar-refractivity contribution in [3.05, 3.63) is 72.8 Å². The van der Waals surface area contributed by atoms with Crippen LogP contribution in [0.2, 0.25) is 32.7 Å². The Morgan fingerprint density at radius 3 is 1.64 bits per heavy atom. The van der Waals surface area contributed by atoms with Gasteiger partial charge >= 0.3 is 0 Å². The Balaban J connectivity index is 2.71. The van der Waals surface area contributed by atoms with Crippen LogP contribution in [0.3, 0.4) is 0 Å². The van der Waals surface area contributed by atoms with Crippen molar-refractivity contribution in [1.82, 2.24) is 0 Å². The molecule has 2 aromatic rings. The Morgan fingerprint density at radius 2 is 1.25 bits per heavy atom. The Morgan fingerprint density at radius 1 is 0.786 bits per heavy atom. The van der Waals surface area contributed by atoms with Gasteiger partial charge < -0.3 is 4.43 Å². The second-order valence-electron chi connectivity index (χ2n) is 9.33. The summed E-state index contributed by atoms with van der Waals surface area (Å²) in [4.78, 5) is 0. The lowest BCUT2D eigenvalue weighted by Crippen LogP contribution is -2.83. The first-order valence-electron chi connectivity index (χ1n) is 10.6. The predicted octanol–water partition coefficient (Wildman–Crippen LogP) is 5.71. The van der Waals surface area contributed by atoms with Gasteiger partial charge in [0.1, 0.15) is 0 Å². The summed E-state index contributed by atoms with van der Waals surface area (Å²) in [6.07, 6.45) is 6.84. The molecule has 0 saturated heterocycles. The van der Waals surface area contributed by atoms with E-state index in [0.29, 0.717) is 0 Å². The lowest BCUT2D eigenvalue weighted by molar-refractivity contribution is 0.229. The summed E-state index contributed by atoms with van der Waals surface area (Å²) in [6, 6.07) is 22.4. The van der Waals surface area contributed by atoms with Gasteiger partial charge in [0.2, 0.25) is 7.83 Å². The van der Waals surface area contributed by atoms with Gasteiger partial charge in [0.25, 0.3) is 0 Å². The summed E-state index contributed by atoms with van der Waals surface area (Å²) in [6.45, 7) is 17.3. The van der Waals surface area contributed by atoms with Gasteiger partial charge in [0.05, 0.1) is 7.11 Å². The van der Waals surface area contributed by atoms with Crippen molar-refractivity contribution < 1.29 is 4.43 Å². The molecule has 0 radical (unpaired) electrons. The molecule has 0 aliphatic rings. The lowest BCUT2D eigenvalue weighted by atomic mass is 10.2. The van der Waals surface area contributed by atoms with Crippen molar-refractivity contribution >= 4 is 32.9 Å². The molecule has 0 aliphatic heterocycles. The molecule has 4 heteroatoms. The van der Waals surface area contributed by atoms with Crippen LogP contribution in [-0.2, 0) is 4.43 Å². The normalized spacial score (nSPS) is 14.4. The summed E-state index contributed by atoms with van der Waals surface area (Å²) < 4.78 is 7.33. The minimum atomic E-state index is -2.37.